The zero-order valence-electron chi connectivity index (χ0n) is 11.7. The molecule has 0 amide bonds. The predicted octanol–water partition coefficient (Wildman–Crippen LogP) is 5.20. The van der Waals surface area contributed by atoms with Crippen molar-refractivity contribution in [3.63, 3.8) is 0 Å². The van der Waals surface area contributed by atoms with Crippen LogP contribution in [0.15, 0.2) is 22.6 Å². The summed E-state index contributed by atoms with van der Waals surface area (Å²) in [5.41, 5.74) is 3.25. The van der Waals surface area contributed by atoms with Crippen molar-refractivity contribution in [1.29, 1.82) is 0 Å². The van der Waals surface area contributed by atoms with Gasteiger partial charge in [0.05, 0.1) is 0 Å². The summed E-state index contributed by atoms with van der Waals surface area (Å²) in [6.07, 6.45) is 1.11. The van der Waals surface area contributed by atoms with Crippen LogP contribution >= 0.6 is 11.6 Å². The molecule has 0 aliphatic carbocycles. The molecule has 3 heteroatoms. The summed E-state index contributed by atoms with van der Waals surface area (Å²) in [6.45, 7) is 11.3. The molecule has 0 atom stereocenters. The molecule has 2 aromatic rings. The van der Waals surface area contributed by atoms with E-state index in [1.54, 1.807) is 0 Å². The van der Waals surface area contributed by atoms with E-state index in [1.165, 1.54) is 5.56 Å². The van der Waals surface area contributed by atoms with Crippen molar-refractivity contribution in [1.82, 2.24) is 4.98 Å². The number of hydrogen-bond donors (Lipinski definition) is 0. The molecule has 0 spiro atoms. The first kappa shape index (κ1) is 13.4. The molecule has 0 saturated heterocycles. The first-order valence-electron chi connectivity index (χ1n) is 6.24. The maximum atomic E-state index is 5.78. The van der Waals surface area contributed by atoms with Crippen LogP contribution in [0.3, 0.4) is 0 Å². The van der Waals surface area contributed by atoms with E-state index in [0.717, 1.165) is 17.5 Å². The highest BCUT2D eigenvalue weighted by Gasteiger charge is 2.27. The van der Waals surface area contributed by atoms with E-state index in [2.05, 4.69) is 51.7 Å². The van der Waals surface area contributed by atoms with Crippen LogP contribution in [0.2, 0.25) is 5.35 Å². The Balaban J connectivity index is 2.40. The monoisotopic (exact) mass is 265 g/mol. The molecule has 2 nitrogen and oxygen atoms in total. The molecule has 0 bridgehead atoms. The van der Waals surface area contributed by atoms with Crippen LogP contribution in [-0.4, -0.2) is 4.98 Å². The Morgan fingerprint density at radius 2 is 1.83 bits per heavy atom. The van der Waals surface area contributed by atoms with Crippen molar-refractivity contribution in [2.75, 3.05) is 0 Å². The number of aromatic nitrogens is 1. The van der Waals surface area contributed by atoms with Crippen LogP contribution in [0.1, 0.15) is 46.6 Å². The van der Waals surface area contributed by atoms with Gasteiger partial charge in [-0.25, -0.2) is 0 Å². The molecule has 0 fully saturated rings. The van der Waals surface area contributed by atoms with Gasteiger partial charge in [-0.3, -0.25) is 0 Å². The number of halogens is 1. The summed E-state index contributed by atoms with van der Waals surface area (Å²) in [7, 11) is 0. The first-order chi connectivity index (χ1) is 8.17. The van der Waals surface area contributed by atoms with Crippen molar-refractivity contribution in [3.8, 4) is 0 Å². The molecule has 0 aliphatic heterocycles. The lowest BCUT2D eigenvalue weighted by molar-refractivity contribution is 0.284. The Morgan fingerprint density at radius 1 is 1.17 bits per heavy atom. The maximum Gasteiger partial charge on any atom is 0.293 e. The summed E-state index contributed by atoms with van der Waals surface area (Å²) in [5.74, 6) is 0. The van der Waals surface area contributed by atoms with Gasteiger partial charge in [-0.15, -0.1) is 0 Å². The van der Waals surface area contributed by atoms with E-state index in [1.807, 2.05) is 6.07 Å². The molecule has 1 aromatic heterocycles. The smallest absolute Gasteiger partial charge is 0.293 e. The lowest BCUT2D eigenvalue weighted by Crippen LogP contribution is -2.24. The van der Waals surface area contributed by atoms with Gasteiger partial charge in [-0.05, 0) is 46.5 Å². The molecule has 98 valence electrons. The molecule has 0 aliphatic rings. The lowest BCUT2D eigenvalue weighted by Gasteiger charge is -2.32. The van der Waals surface area contributed by atoms with Crippen LogP contribution in [0, 0.1) is 5.41 Å². The number of nitrogens with zero attached hydrogens (tertiary/aromatic N) is 1. The molecule has 1 heterocycles. The molecular weight excluding hydrogens is 246 g/mol. The fraction of sp³-hybridized carbons (Fsp3) is 0.533. The highest BCUT2D eigenvalue weighted by Crippen LogP contribution is 2.37. The van der Waals surface area contributed by atoms with Crippen LogP contribution < -0.4 is 0 Å². The third-order valence-electron chi connectivity index (χ3n) is 3.12. The van der Waals surface area contributed by atoms with Crippen LogP contribution in [0.5, 0.6) is 0 Å². The Hall–Kier alpha value is -1.02. The third-order valence-corrected chi connectivity index (χ3v) is 3.28. The van der Waals surface area contributed by atoms with Crippen LogP contribution in [0.25, 0.3) is 11.1 Å². The molecule has 0 radical (unpaired) electrons. The second-order valence-corrected chi connectivity index (χ2v) is 7.09. The fourth-order valence-corrected chi connectivity index (χ4v) is 2.92. The lowest BCUT2D eigenvalue weighted by atomic mass is 9.72. The van der Waals surface area contributed by atoms with Gasteiger partial charge in [0.15, 0.2) is 5.58 Å². The maximum absolute atomic E-state index is 5.78. The van der Waals surface area contributed by atoms with Gasteiger partial charge in [0.25, 0.3) is 5.35 Å². The van der Waals surface area contributed by atoms with E-state index in [4.69, 9.17) is 16.0 Å². The van der Waals surface area contributed by atoms with E-state index < -0.39 is 0 Å². The van der Waals surface area contributed by atoms with Crippen LogP contribution in [-0.2, 0) is 5.41 Å². The SMILES string of the molecule is CC(C)(C)CC(C)(C)c1ccc2oc(Cl)nc2c1. The van der Waals surface area contributed by atoms with E-state index >= 15 is 0 Å². The topological polar surface area (TPSA) is 26.0 Å². The van der Waals surface area contributed by atoms with Crippen molar-refractivity contribution < 1.29 is 4.42 Å². The molecule has 0 unspecified atom stereocenters. The summed E-state index contributed by atoms with van der Waals surface area (Å²) in [4.78, 5) is 4.18. The Labute approximate surface area is 113 Å². The summed E-state index contributed by atoms with van der Waals surface area (Å²) in [6, 6.07) is 6.14. The minimum absolute atomic E-state index is 0.109. The number of hydrogen-bond acceptors (Lipinski definition) is 2. The van der Waals surface area contributed by atoms with Crippen molar-refractivity contribution in [2.24, 2.45) is 5.41 Å². The molecule has 18 heavy (non-hydrogen) atoms. The molecule has 0 saturated carbocycles. The zero-order valence-corrected chi connectivity index (χ0v) is 12.4. The number of oxazole rings is 1. The van der Waals surface area contributed by atoms with Gasteiger partial charge in [0, 0.05) is 0 Å². The molecule has 1 aromatic carbocycles. The predicted molar refractivity (Wildman–Crippen MR) is 76.1 cm³/mol. The van der Waals surface area contributed by atoms with Crippen molar-refractivity contribution >= 4 is 22.7 Å². The highest BCUT2D eigenvalue weighted by molar-refractivity contribution is 6.28. The average Bonchev–Trinajstić information content (AvgIpc) is 2.52. The standard InChI is InChI=1S/C15H20ClNO/c1-14(2,3)9-15(4,5)10-6-7-12-11(8-10)17-13(16)18-12/h6-8H,9H2,1-5H3. The van der Waals surface area contributed by atoms with Gasteiger partial charge in [0.1, 0.15) is 5.52 Å². The Morgan fingerprint density at radius 3 is 2.44 bits per heavy atom. The average molecular weight is 266 g/mol. The van der Waals surface area contributed by atoms with Gasteiger partial charge in [0.2, 0.25) is 0 Å². The second-order valence-electron chi connectivity index (χ2n) is 6.77. The summed E-state index contributed by atoms with van der Waals surface area (Å²) >= 11 is 5.78. The van der Waals surface area contributed by atoms with Gasteiger partial charge in [-0.2, -0.15) is 4.98 Å². The minimum Gasteiger partial charge on any atom is -0.428 e. The summed E-state index contributed by atoms with van der Waals surface area (Å²) < 4.78 is 5.29. The van der Waals surface area contributed by atoms with Gasteiger partial charge < -0.3 is 4.42 Å². The second kappa shape index (κ2) is 4.27. The number of benzene rings is 1. The van der Waals surface area contributed by atoms with E-state index in [0.29, 0.717) is 5.41 Å². The van der Waals surface area contributed by atoms with E-state index in [-0.39, 0.29) is 10.8 Å². The Bertz CT molecular complexity index is 563. The van der Waals surface area contributed by atoms with Crippen LogP contribution in [0.4, 0.5) is 0 Å². The largest absolute Gasteiger partial charge is 0.428 e. The Kier molecular flexibility index (Phi) is 3.18. The third kappa shape index (κ3) is 2.86. The minimum atomic E-state index is 0.109. The van der Waals surface area contributed by atoms with Gasteiger partial charge >= 0.3 is 0 Å². The van der Waals surface area contributed by atoms with Gasteiger partial charge in [-0.1, -0.05) is 40.7 Å². The van der Waals surface area contributed by atoms with Crippen molar-refractivity contribution in [3.05, 3.63) is 29.1 Å². The quantitative estimate of drug-likeness (QED) is 0.746. The molecule has 0 N–H and O–H groups in total. The molecular formula is C15H20ClNO. The van der Waals surface area contributed by atoms with Crippen molar-refractivity contribution in [2.45, 2.75) is 46.5 Å². The van der Waals surface area contributed by atoms with E-state index in [9.17, 15) is 0 Å². The fourth-order valence-electron chi connectivity index (χ4n) is 2.75. The first-order valence-corrected chi connectivity index (χ1v) is 6.62. The zero-order chi connectivity index (χ0) is 13.6. The summed E-state index contributed by atoms with van der Waals surface area (Å²) in [5, 5.41) is 0.204. The number of fused-ring (bicyclic) bond motifs is 1. The normalized spacial score (nSPS) is 13.2. The highest BCUT2D eigenvalue weighted by atomic mass is 35.5. The molecule has 2 rings (SSSR count). The number of rotatable bonds is 2.